The highest BCUT2D eigenvalue weighted by Gasteiger charge is 2.15. The molecule has 1 aliphatic rings. The van der Waals surface area contributed by atoms with Crippen LogP contribution in [0.1, 0.15) is 31.2 Å². The van der Waals surface area contributed by atoms with Gasteiger partial charge in [0.1, 0.15) is 0 Å². The maximum Gasteiger partial charge on any atom is 0.0753 e. The van der Waals surface area contributed by atoms with Crippen molar-refractivity contribution in [1.82, 2.24) is 0 Å². The second-order valence-corrected chi connectivity index (χ2v) is 5.05. The second-order valence-electron chi connectivity index (χ2n) is 5.05. The fraction of sp³-hybridized carbons (Fsp3) is 0.294. The number of aliphatic hydroxyl groups excluding tert-OH is 1. The van der Waals surface area contributed by atoms with Gasteiger partial charge in [-0.15, -0.1) is 0 Å². The smallest absolute Gasteiger partial charge is 0.0753 e. The average molecular weight is 238 g/mol. The number of benzene rings is 2. The van der Waals surface area contributed by atoms with Gasteiger partial charge in [-0.25, -0.2) is 0 Å². The topological polar surface area (TPSA) is 20.2 Å². The van der Waals surface area contributed by atoms with Crippen molar-refractivity contribution < 1.29 is 5.11 Å². The van der Waals surface area contributed by atoms with Crippen molar-refractivity contribution in [3.63, 3.8) is 0 Å². The molecule has 1 saturated carbocycles. The van der Waals surface area contributed by atoms with E-state index in [-0.39, 0.29) is 6.10 Å². The lowest BCUT2D eigenvalue weighted by Gasteiger charge is -2.20. The van der Waals surface area contributed by atoms with Crippen LogP contribution in [0.5, 0.6) is 0 Å². The molecule has 1 aliphatic carbocycles. The van der Waals surface area contributed by atoms with Gasteiger partial charge in [-0.3, -0.25) is 0 Å². The number of aliphatic hydroxyl groups is 1. The Morgan fingerprint density at radius 2 is 1.83 bits per heavy atom. The summed E-state index contributed by atoms with van der Waals surface area (Å²) < 4.78 is 0. The van der Waals surface area contributed by atoms with Gasteiger partial charge in [0, 0.05) is 0 Å². The highest BCUT2D eigenvalue weighted by atomic mass is 16.3. The van der Waals surface area contributed by atoms with Crippen LogP contribution in [0.15, 0.2) is 48.0 Å². The summed E-state index contributed by atoms with van der Waals surface area (Å²) in [5.74, 6) is 0. The molecule has 2 aromatic carbocycles. The van der Waals surface area contributed by atoms with Crippen LogP contribution in [0.4, 0.5) is 0 Å². The van der Waals surface area contributed by atoms with Crippen LogP contribution in [-0.2, 0) is 0 Å². The number of fused-ring (bicyclic) bond motifs is 1. The van der Waals surface area contributed by atoms with Crippen molar-refractivity contribution in [3.8, 4) is 0 Å². The molecule has 0 unspecified atom stereocenters. The van der Waals surface area contributed by atoms with Gasteiger partial charge in [-0.2, -0.15) is 0 Å². The Bertz CT molecular complexity index is 578. The largest absolute Gasteiger partial charge is 0.389 e. The van der Waals surface area contributed by atoms with E-state index in [1.54, 1.807) is 0 Å². The van der Waals surface area contributed by atoms with Gasteiger partial charge in [0.2, 0.25) is 0 Å². The van der Waals surface area contributed by atoms with Gasteiger partial charge in [-0.05, 0) is 41.2 Å². The zero-order valence-electron chi connectivity index (χ0n) is 10.5. The minimum Gasteiger partial charge on any atom is -0.389 e. The number of hydrogen-bond donors (Lipinski definition) is 1. The second kappa shape index (κ2) is 4.95. The minimum absolute atomic E-state index is 0.238. The van der Waals surface area contributed by atoms with E-state index >= 15 is 0 Å². The lowest BCUT2D eigenvalue weighted by atomic mass is 9.90. The molecule has 0 bridgehead atoms. The summed E-state index contributed by atoms with van der Waals surface area (Å²) in [6.45, 7) is 0. The molecule has 0 heterocycles. The molecule has 1 N–H and O–H groups in total. The minimum atomic E-state index is -0.238. The van der Waals surface area contributed by atoms with Crippen molar-refractivity contribution in [1.29, 1.82) is 0 Å². The Morgan fingerprint density at radius 1 is 1.00 bits per heavy atom. The molecule has 0 aliphatic heterocycles. The van der Waals surface area contributed by atoms with Gasteiger partial charge in [0.15, 0.2) is 0 Å². The quantitative estimate of drug-likeness (QED) is 0.791. The highest BCUT2D eigenvalue weighted by molar-refractivity contribution is 5.90. The molecule has 0 radical (unpaired) electrons. The van der Waals surface area contributed by atoms with Gasteiger partial charge >= 0.3 is 0 Å². The summed E-state index contributed by atoms with van der Waals surface area (Å²) in [6, 6.07) is 14.8. The lowest BCUT2D eigenvalue weighted by Crippen LogP contribution is -2.14. The molecule has 2 aromatic rings. The van der Waals surface area contributed by atoms with Crippen molar-refractivity contribution >= 4 is 16.8 Å². The van der Waals surface area contributed by atoms with Crippen molar-refractivity contribution in [2.75, 3.05) is 0 Å². The van der Waals surface area contributed by atoms with Crippen LogP contribution < -0.4 is 0 Å². The molecule has 0 saturated heterocycles. The Labute approximate surface area is 108 Å². The maximum atomic E-state index is 10.0. The maximum absolute atomic E-state index is 10.0. The molecular weight excluding hydrogens is 220 g/mol. The molecule has 3 rings (SSSR count). The van der Waals surface area contributed by atoms with Gasteiger partial charge in [-0.1, -0.05) is 55.0 Å². The summed E-state index contributed by atoms with van der Waals surface area (Å²) in [4.78, 5) is 0. The van der Waals surface area contributed by atoms with E-state index in [0.717, 1.165) is 19.3 Å². The third-order valence-electron chi connectivity index (χ3n) is 3.79. The lowest BCUT2D eigenvalue weighted by molar-refractivity contribution is 0.180. The molecule has 18 heavy (non-hydrogen) atoms. The van der Waals surface area contributed by atoms with E-state index in [4.69, 9.17) is 0 Å². The summed E-state index contributed by atoms with van der Waals surface area (Å²) in [5, 5.41) is 12.6. The fourth-order valence-electron chi connectivity index (χ4n) is 2.76. The molecule has 92 valence electrons. The molecule has 0 spiro atoms. The van der Waals surface area contributed by atoms with Crippen LogP contribution in [0, 0.1) is 0 Å². The Kier molecular flexibility index (Phi) is 3.16. The standard InChI is InChI=1S/C17H18O/c18-17-11-4-2-7-15(17)12-14-9-5-8-13-6-1-3-10-16(13)14/h1,3,5-6,8-10,12,17-18H,2,4,7,11H2/b15-12+/t17-/m0/s1. The number of hydrogen-bond acceptors (Lipinski definition) is 1. The summed E-state index contributed by atoms with van der Waals surface area (Å²) in [7, 11) is 0. The molecule has 1 nitrogen and oxygen atoms in total. The first-order valence-electron chi connectivity index (χ1n) is 6.71. The fourth-order valence-corrected chi connectivity index (χ4v) is 2.76. The zero-order valence-corrected chi connectivity index (χ0v) is 10.5. The normalized spacial score (nSPS) is 22.5. The van der Waals surface area contributed by atoms with Crippen LogP contribution >= 0.6 is 0 Å². The first kappa shape index (κ1) is 11.5. The molecule has 1 fully saturated rings. The van der Waals surface area contributed by atoms with E-state index < -0.39 is 0 Å². The molecule has 0 aromatic heterocycles. The third kappa shape index (κ3) is 2.19. The molecular formula is C17H18O. The summed E-state index contributed by atoms with van der Waals surface area (Å²) in [5.41, 5.74) is 2.42. The first-order valence-corrected chi connectivity index (χ1v) is 6.71. The van der Waals surface area contributed by atoms with E-state index in [9.17, 15) is 5.11 Å². The average Bonchev–Trinajstić information content (AvgIpc) is 2.42. The van der Waals surface area contributed by atoms with Gasteiger partial charge in [0.25, 0.3) is 0 Å². The number of rotatable bonds is 1. The monoisotopic (exact) mass is 238 g/mol. The molecule has 0 amide bonds. The third-order valence-corrected chi connectivity index (χ3v) is 3.79. The van der Waals surface area contributed by atoms with Crippen LogP contribution in [0.2, 0.25) is 0 Å². The SMILES string of the molecule is O[C@H]1CCCC/C1=C\c1cccc2ccccc12. The van der Waals surface area contributed by atoms with Crippen molar-refractivity contribution in [3.05, 3.63) is 53.6 Å². The van der Waals surface area contributed by atoms with Crippen molar-refractivity contribution in [2.24, 2.45) is 0 Å². The van der Waals surface area contributed by atoms with Crippen LogP contribution in [-0.4, -0.2) is 11.2 Å². The van der Waals surface area contributed by atoms with Gasteiger partial charge in [0.05, 0.1) is 6.10 Å². The predicted octanol–water partition coefficient (Wildman–Crippen LogP) is 4.16. The molecule has 1 atom stereocenters. The zero-order chi connectivity index (χ0) is 12.4. The Hall–Kier alpha value is -1.60. The first-order chi connectivity index (χ1) is 8.84. The van der Waals surface area contributed by atoms with Crippen LogP contribution in [0.3, 0.4) is 0 Å². The summed E-state index contributed by atoms with van der Waals surface area (Å²) in [6.07, 6.45) is 6.24. The van der Waals surface area contributed by atoms with E-state index in [1.807, 2.05) is 0 Å². The highest BCUT2D eigenvalue weighted by Crippen LogP contribution is 2.28. The van der Waals surface area contributed by atoms with Crippen molar-refractivity contribution in [2.45, 2.75) is 31.8 Å². The Morgan fingerprint density at radius 3 is 2.72 bits per heavy atom. The van der Waals surface area contributed by atoms with Gasteiger partial charge < -0.3 is 5.11 Å². The van der Waals surface area contributed by atoms with E-state index in [1.165, 1.54) is 28.3 Å². The summed E-state index contributed by atoms with van der Waals surface area (Å²) >= 11 is 0. The van der Waals surface area contributed by atoms with Crippen LogP contribution in [0.25, 0.3) is 16.8 Å². The van der Waals surface area contributed by atoms with E-state index in [0.29, 0.717) is 0 Å². The Balaban J connectivity index is 2.06. The van der Waals surface area contributed by atoms with E-state index in [2.05, 4.69) is 48.5 Å². The predicted molar refractivity (Wildman–Crippen MR) is 76.4 cm³/mol. The molecule has 1 heteroatoms.